The van der Waals surface area contributed by atoms with Crippen molar-refractivity contribution in [2.75, 3.05) is 26.2 Å². The number of nitrogens with one attached hydrogen (secondary N) is 1. The van der Waals surface area contributed by atoms with E-state index in [4.69, 9.17) is 4.74 Å². The average Bonchev–Trinajstić information content (AvgIpc) is 2.35. The number of nitrogens with zero attached hydrogens (tertiary/aromatic N) is 1. The Balaban J connectivity index is 2.65. The van der Waals surface area contributed by atoms with Crippen LogP contribution in [0, 0.1) is 11.3 Å². The van der Waals surface area contributed by atoms with Crippen LogP contribution >= 0.6 is 0 Å². The molecule has 0 aromatic rings. The SMILES string of the molecule is CCC(C)C1CNC(C(C)(C)C)CN1CCOC(C)(C)C. The molecule has 3 unspecified atom stereocenters. The van der Waals surface area contributed by atoms with Crippen LogP contribution in [0.2, 0.25) is 0 Å². The van der Waals surface area contributed by atoms with Crippen molar-refractivity contribution in [3.8, 4) is 0 Å². The van der Waals surface area contributed by atoms with E-state index < -0.39 is 0 Å². The summed E-state index contributed by atoms with van der Waals surface area (Å²) in [6, 6.07) is 1.20. The van der Waals surface area contributed by atoms with E-state index in [0.717, 1.165) is 32.2 Å². The molecule has 1 aliphatic heterocycles. The fourth-order valence-corrected chi connectivity index (χ4v) is 2.97. The van der Waals surface area contributed by atoms with Crippen LogP contribution in [0.1, 0.15) is 61.8 Å². The number of ether oxygens (including phenoxy) is 1. The highest BCUT2D eigenvalue weighted by Crippen LogP contribution is 2.26. The summed E-state index contributed by atoms with van der Waals surface area (Å²) in [6.07, 6.45) is 1.24. The van der Waals surface area contributed by atoms with Gasteiger partial charge in [0.2, 0.25) is 0 Å². The van der Waals surface area contributed by atoms with Crippen molar-refractivity contribution in [2.45, 2.75) is 79.5 Å². The van der Waals surface area contributed by atoms with Crippen molar-refractivity contribution >= 4 is 0 Å². The molecule has 0 spiro atoms. The Hall–Kier alpha value is -0.120. The largest absolute Gasteiger partial charge is 0.375 e. The number of hydrogen-bond acceptors (Lipinski definition) is 3. The zero-order valence-electron chi connectivity index (χ0n) is 15.6. The Morgan fingerprint density at radius 2 is 1.81 bits per heavy atom. The fraction of sp³-hybridized carbons (Fsp3) is 1.00. The molecule has 21 heavy (non-hydrogen) atoms. The third-order valence-electron chi connectivity index (χ3n) is 4.72. The van der Waals surface area contributed by atoms with Gasteiger partial charge in [0.05, 0.1) is 12.2 Å². The summed E-state index contributed by atoms with van der Waals surface area (Å²) < 4.78 is 5.95. The average molecular weight is 299 g/mol. The van der Waals surface area contributed by atoms with Crippen molar-refractivity contribution in [1.29, 1.82) is 0 Å². The molecule has 0 aromatic heterocycles. The maximum Gasteiger partial charge on any atom is 0.0600 e. The Labute approximate surface area is 132 Å². The van der Waals surface area contributed by atoms with Gasteiger partial charge in [0.25, 0.3) is 0 Å². The number of piperazine rings is 1. The lowest BCUT2D eigenvalue weighted by molar-refractivity contribution is -0.0309. The number of rotatable bonds is 5. The molecular formula is C18H38N2O. The maximum absolute atomic E-state index is 5.95. The van der Waals surface area contributed by atoms with Gasteiger partial charge in [0.1, 0.15) is 0 Å². The van der Waals surface area contributed by atoms with Crippen LogP contribution in [0.25, 0.3) is 0 Å². The monoisotopic (exact) mass is 298 g/mol. The molecule has 0 aromatic carbocycles. The van der Waals surface area contributed by atoms with E-state index in [-0.39, 0.29) is 5.60 Å². The molecule has 1 fully saturated rings. The van der Waals surface area contributed by atoms with Crippen LogP contribution in [0.5, 0.6) is 0 Å². The molecule has 1 aliphatic rings. The molecule has 0 bridgehead atoms. The minimum atomic E-state index is -0.0384. The Morgan fingerprint density at radius 1 is 1.19 bits per heavy atom. The number of hydrogen-bond donors (Lipinski definition) is 1. The second-order valence-corrected chi connectivity index (χ2v) is 8.74. The van der Waals surface area contributed by atoms with E-state index in [2.05, 4.69) is 65.6 Å². The first kappa shape index (κ1) is 18.9. The van der Waals surface area contributed by atoms with Crippen molar-refractivity contribution in [3.05, 3.63) is 0 Å². The maximum atomic E-state index is 5.95. The van der Waals surface area contributed by atoms with Crippen molar-refractivity contribution in [1.82, 2.24) is 10.2 Å². The van der Waals surface area contributed by atoms with Crippen LogP contribution in [0.4, 0.5) is 0 Å². The van der Waals surface area contributed by atoms with E-state index >= 15 is 0 Å². The lowest BCUT2D eigenvalue weighted by Gasteiger charge is -2.47. The molecule has 1 rings (SSSR count). The molecular weight excluding hydrogens is 260 g/mol. The van der Waals surface area contributed by atoms with Gasteiger partial charge in [-0.1, -0.05) is 41.0 Å². The van der Waals surface area contributed by atoms with Crippen molar-refractivity contribution < 1.29 is 4.74 Å². The third-order valence-corrected chi connectivity index (χ3v) is 4.72. The predicted octanol–water partition coefficient (Wildman–Crippen LogP) is 3.54. The van der Waals surface area contributed by atoms with Crippen LogP contribution in [0.15, 0.2) is 0 Å². The zero-order valence-corrected chi connectivity index (χ0v) is 15.6. The van der Waals surface area contributed by atoms with E-state index in [0.29, 0.717) is 17.5 Å². The Kier molecular flexibility index (Phi) is 6.70. The highest BCUT2D eigenvalue weighted by atomic mass is 16.5. The molecule has 3 nitrogen and oxygen atoms in total. The first-order valence-electron chi connectivity index (χ1n) is 8.66. The summed E-state index contributed by atoms with van der Waals surface area (Å²) in [6.45, 7) is 22.2. The third kappa shape index (κ3) is 6.25. The van der Waals surface area contributed by atoms with Crippen molar-refractivity contribution in [2.24, 2.45) is 11.3 Å². The van der Waals surface area contributed by atoms with Crippen LogP contribution in [-0.2, 0) is 4.74 Å². The molecule has 0 amide bonds. The molecule has 126 valence electrons. The Morgan fingerprint density at radius 3 is 2.29 bits per heavy atom. The van der Waals surface area contributed by atoms with E-state index in [1.807, 2.05) is 0 Å². The smallest absolute Gasteiger partial charge is 0.0600 e. The first-order chi connectivity index (χ1) is 9.54. The molecule has 1 saturated heterocycles. The predicted molar refractivity (Wildman–Crippen MR) is 91.8 cm³/mol. The molecule has 1 heterocycles. The second-order valence-electron chi connectivity index (χ2n) is 8.74. The second kappa shape index (κ2) is 7.43. The summed E-state index contributed by atoms with van der Waals surface area (Å²) in [5, 5.41) is 3.78. The molecule has 3 atom stereocenters. The zero-order chi connectivity index (χ0) is 16.3. The van der Waals surface area contributed by atoms with Gasteiger partial charge in [-0.2, -0.15) is 0 Å². The lowest BCUT2D eigenvalue weighted by atomic mass is 9.83. The van der Waals surface area contributed by atoms with Crippen LogP contribution in [-0.4, -0.2) is 48.8 Å². The lowest BCUT2D eigenvalue weighted by Crippen LogP contribution is -2.62. The summed E-state index contributed by atoms with van der Waals surface area (Å²) >= 11 is 0. The molecule has 0 saturated carbocycles. The van der Waals surface area contributed by atoms with Crippen LogP contribution < -0.4 is 5.32 Å². The van der Waals surface area contributed by atoms with Crippen LogP contribution in [0.3, 0.4) is 0 Å². The first-order valence-corrected chi connectivity index (χ1v) is 8.66. The molecule has 0 aliphatic carbocycles. The van der Waals surface area contributed by atoms with Gasteiger partial charge in [0, 0.05) is 31.7 Å². The van der Waals surface area contributed by atoms with Gasteiger partial charge in [-0.25, -0.2) is 0 Å². The van der Waals surface area contributed by atoms with E-state index in [1.54, 1.807) is 0 Å². The highest BCUT2D eigenvalue weighted by Gasteiger charge is 2.35. The van der Waals surface area contributed by atoms with Gasteiger partial charge in [-0.3, -0.25) is 4.90 Å². The topological polar surface area (TPSA) is 24.5 Å². The standard InChI is InChI=1S/C18H38N2O/c1-9-14(2)15-12-19-16(17(3,4)5)13-20(15)10-11-21-18(6,7)8/h14-16,19H,9-13H2,1-8H3. The summed E-state index contributed by atoms with van der Waals surface area (Å²) in [5.41, 5.74) is 0.271. The summed E-state index contributed by atoms with van der Waals surface area (Å²) in [5.74, 6) is 0.730. The fourth-order valence-electron chi connectivity index (χ4n) is 2.97. The van der Waals surface area contributed by atoms with Crippen molar-refractivity contribution in [3.63, 3.8) is 0 Å². The molecule has 1 N–H and O–H groups in total. The van der Waals surface area contributed by atoms with Gasteiger partial charge in [0.15, 0.2) is 0 Å². The van der Waals surface area contributed by atoms with Gasteiger partial charge >= 0.3 is 0 Å². The summed E-state index contributed by atoms with van der Waals surface area (Å²) in [7, 11) is 0. The molecule has 0 radical (unpaired) electrons. The van der Waals surface area contributed by atoms with E-state index in [1.165, 1.54) is 6.42 Å². The summed E-state index contributed by atoms with van der Waals surface area (Å²) in [4.78, 5) is 2.66. The molecule has 3 heteroatoms. The minimum Gasteiger partial charge on any atom is -0.375 e. The normalized spacial score (nSPS) is 26.9. The van der Waals surface area contributed by atoms with Gasteiger partial charge < -0.3 is 10.1 Å². The van der Waals surface area contributed by atoms with E-state index in [9.17, 15) is 0 Å². The van der Waals surface area contributed by atoms with Gasteiger partial charge in [-0.05, 0) is 32.1 Å². The minimum absolute atomic E-state index is 0.0384. The highest BCUT2D eigenvalue weighted by molar-refractivity contribution is 4.93. The quantitative estimate of drug-likeness (QED) is 0.840. The Bertz CT molecular complexity index is 303. The van der Waals surface area contributed by atoms with Gasteiger partial charge in [-0.15, -0.1) is 0 Å².